The van der Waals surface area contributed by atoms with Crippen LogP contribution in [0.1, 0.15) is 43.2 Å². The number of amides is 1. The molecule has 31 heavy (non-hydrogen) atoms. The number of carbonyl (C=O) groups is 1. The molecule has 166 valence electrons. The van der Waals surface area contributed by atoms with Crippen LogP contribution in [0.3, 0.4) is 0 Å². The van der Waals surface area contributed by atoms with Gasteiger partial charge in [-0.25, -0.2) is 0 Å². The molecule has 0 aromatic heterocycles. The van der Waals surface area contributed by atoms with Gasteiger partial charge in [-0.2, -0.15) is 0 Å². The third-order valence-electron chi connectivity index (χ3n) is 7.09. The summed E-state index contributed by atoms with van der Waals surface area (Å²) < 4.78 is 6.12. The average molecular weight is 421 g/mol. The predicted octanol–water partition coefficient (Wildman–Crippen LogP) is 4.58. The highest BCUT2D eigenvalue weighted by atomic mass is 16.5. The second-order valence-electron chi connectivity index (χ2n) is 9.44. The molecule has 0 bridgehead atoms. The Morgan fingerprint density at radius 2 is 1.68 bits per heavy atom. The van der Waals surface area contributed by atoms with Crippen LogP contribution in [0.5, 0.6) is 5.75 Å². The number of benzene rings is 2. The van der Waals surface area contributed by atoms with Gasteiger partial charge in [-0.1, -0.05) is 55.0 Å². The van der Waals surface area contributed by atoms with Gasteiger partial charge in [-0.05, 0) is 61.8 Å². The summed E-state index contributed by atoms with van der Waals surface area (Å²) in [5, 5.41) is 0. The first-order chi connectivity index (χ1) is 15.1. The zero-order valence-electron chi connectivity index (χ0n) is 18.9. The van der Waals surface area contributed by atoms with Gasteiger partial charge in [0.05, 0.1) is 6.42 Å². The Hall–Kier alpha value is -2.33. The van der Waals surface area contributed by atoms with Crippen LogP contribution in [0, 0.1) is 5.41 Å². The highest BCUT2D eigenvalue weighted by Gasteiger charge is 2.36. The molecule has 0 aliphatic carbocycles. The van der Waals surface area contributed by atoms with E-state index in [1.54, 1.807) is 0 Å². The summed E-state index contributed by atoms with van der Waals surface area (Å²) in [7, 11) is 2.22. The molecule has 4 nitrogen and oxygen atoms in total. The number of piperidine rings is 1. The molecule has 2 aromatic rings. The Labute approximate surface area is 187 Å². The fraction of sp³-hybridized carbons (Fsp3) is 0.519. The van der Waals surface area contributed by atoms with E-state index in [1.165, 1.54) is 24.8 Å². The Morgan fingerprint density at radius 1 is 0.935 bits per heavy atom. The second kappa shape index (κ2) is 10.3. The van der Waals surface area contributed by atoms with E-state index in [0.717, 1.165) is 63.4 Å². The highest BCUT2D eigenvalue weighted by molar-refractivity contribution is 5.78. The Morgan fingerprint density at radius 3 is 2.48 bits per heavy atom. The van der Waals surface area contributed by atoms with Gasteiger partial charge in [0, 0.05) is 26.2 Å². The lowest BCUT2D eigenvalue weighted by molar-refractivity contribution is -0.133. The van der Waals surface area contributed by atoms with Gasteiger partial charge in [0.1, 0.15) is 12.4 Å². The smallest absolute Gasteiger partial charge is 0.226 e. The summed E-state index contributed by atoms with van der Waals surface area (Å²) in [6.45, 7) is 4.54. The molecule has 0 unspecified atom stereocenters. The predicted molar refractivity (Wildman–Crippen MR) is 125 cm³/mol. The van der Waals surface area contributed by atoms with Crippen LogP contribution in [0.2, 0.25) is 0 Å². The van der Waals surface area contributed by atoms with E-state index in [9.17, 15) is 4.79 Å². The van der Waals surface area contributed by atoms with Gasteiger partial charge >= 0.3 is 0 Å². The van der Waals surface area contributed by atoms with Crippen molar-refractivity contribution in [2.45, 2.75) is 44.9 Å². The summed E-state index contributed by atoms with van der Waals surface area (Å²) in [5.41, 5.74) is 2.76. The molecule has 1 fully saturated rings. The monoisotopic (exact) mass is 420 g/mol. The lowest BCUT2D eigenvalue weighted by Gasteiger charge is -2.44. The Balaban J connectivity index is 1.36. The quantitative estimate of drug-likeness (QED) is 0.713. The molecule has 0 atom stereocenters. The molecule has 1 saturated heterocycles. The number of carbonyl (C=O) groups excluding carboxylic acids is 1. The lowest BCUT2D eigenvalue weighted by atomic mass is 9.73. The average Bonchev–Trinajstić information content (AvgIpc) is 2.78. The molecule has 1 spiro atoms. The molecule has 2 aromatic carbocycles. The Kier molecular flexibility index (Phi) is 7.29. The van der Waals surface area contributed by atoms with Crippen molar-refractivity contribution < 1.29 is 9.53 Å². The van der Waals surface area contributed by atoms with E-state index in [4.69, 9.17) is 4.74 Å². The first-order valence-electron chi connectivity index (χ1n) is 11.8. The van der Waals surface area contributed by atoms with Crippen LogP contribution in [-0.2, 0) is 17.6 Å². The first kappa shape index (κ1) is 21.9. The van der Waals surface area contributed by atoms with E-state index in [2.05, 4.69) is 41.1 Å². The molecule has 4 heteroatoms. The fourth-order valence-corrected chi connectivity index (χ4v) is 5.23. The summed E-state index contributed by atoms with van der Waals surface area (Å²) in [6, 6.07) is 18.6. The number of fused-ring (bicyclic) bond motifs is 1. The molecule has 2 aliphatic heterocycles. The van der Waals surface area contributed by atoms with Crippen molar-refractivity contribution in [3.8, 4) is 5.75 Å². The van der Waals surface area contributed by atoms with Crippen LogP contribution in [0.4, 0.5) is 0 Å². The Bertz CT molecular complexity index is 843. The number of nitrogens with zero attached hydrogens (tertiary/aromatic N) is 2. The van der Waals surface area contributed by atoms with Gasteiger partial charge in [0.15, 0.2) is 0 Å². The van der Waals surface area contributed by atoms with E-state index < -0.39 is 0 Å². The van der Waals surface area contributed by atoms with E-state index in [1.807, 2.05) is 30.3 Å². The number of likely N-dealkylation sites (N-methyl/N-ethyl adjacent to an activating group) is 1. The highest BCUT2D eigenvalue weighted by Crippen LogP contribution is 2.38. The van der Waals surface area contributed by atoms with Crippen molar-refractivity contribution in [1.29, 1.82) is 0 Å². The summed E-state index contributed by atoms with van der Waals surface area (Å²) in [5.74, 6) is 1.32. The van der Waals surface area contributed by atoms with Crippen molar-refractivity contribution in [2.75, 3.05) is 39.8 Å². The fourth-order valence-electron chi connectivity index (χ4n) is 5.23. The van der Waals surface area contributed by atoms with E-state index in [0.29, 0.717) is 11.8 Å². The molecule has 2 aliphatic rings. The first-order valence-corrected chi connectivity index (χ1v) is 11.8. The van der Waals surface area contributed by atoms with Crippen molar-refractivity contribution in [3.63, 3.8) is 0 Å². The van der Waals surface area contributed by atoms with Gasteiger partial charge in [-0.15, -0.1) is 0 Å². The molecule has 0 N–H and O–H groups in total. The van der Waals surface area contributed by atoms with Gasteiger partial charge < -0.3 is 14.5 Å². The zero-order chi connectivity index (χ0) is 21.5. The van der Waals surface area contributed by atoms with Crippen LogP contribution in [0.15, 0.2) is 54.6 Å². The van der Waals surface area contributed by atoms with Crippen LogP contribution < -0.4 is 4.74 Å². The van der Waals surface area contributed by atoms with Crippen LogP contribution in [-0.4, -0.2) is 55.5 Å². The third-order valence-corrected chi connectivity index (χ3v) is 7.09. The molecular formula is C27H36N2O2. The van der Waals surface area contributed by atoms with Gasteiger partial charge in [0.2, 0.25) is 5.91 Å². The maximum atomic E-state index is 12.8. The van der Waals surface area contributed by atoms with E-state index >= 15 is 0 Å². The van der Waals surface area contributed by atoms with Crippen molar-refractivity contribution in [3.05, 3.63) is 65.7 Å². The molecule has 0 radical (unpaired) electrons. The minimum absolute atomic E-state index is 0.271. The molecule has 4 rings (SSSR count). The summed E-state index contributed by atoms with van der Waals surface area (Å²) >= 11 is 0. The van der Waals surface area contributed by atoms with Crippen LogP contribution in [0.25, 0.3) is 0 Å². The zero-order valence-corrected chi connectivity index (χ0v) is 18.9. The maximum absolute atomic E-state index is 12.8. The molecular weight excluding hydrogens is 384 g/mol. The number of rotatable bonds is 2. The normalized spacial score (nSPS) is 20.2. The topological polar surface area (TPSA) is 32.8 Å². The maximum Gasteiger partial charge on any atom is 0.226 e. The third kappa shape index (κ3) is 5.88. The summed E-state index contributed by atoms with van der Waals surface area (Å²) in [6.07, 6.45) is 7.50. The SMILES string of the molecule is CN1CCOc2ccccc2CCCCC2(CCN(C(=O)Cc3ccccc3)CC2)C1. The van der Waals surface area contributed by atoms with Crippen molar-refractivity contribution in [1.82, 2.24) is 9.80 Å². The lowest BCUT2D eigenvalue weighted by Crippen LogP contribution is -2.48. The minimum atomic E-state index is 0.271. The number of para-hydroxylation sites is 1. The second-order valence-corrected chi connectivity index (χ2v) is 9.44. The van der Waals surface area contributed by atoms with Gasteiger partial charge in [0.25, 0.3) is 0 Å². The number of hydrogen-bond acceptors (Lipinski definition) is 3. The largest absolute Gasteiger partial charge is 0.492 e. The van der Waals surface area contributed by atoms with Crippen molar-refractivity contribution in [2.24, 2.45) is 5.41 Å². The minimum Gasteiger partial charge on any atom is -0.492 e. The van der Waals surface area contributed by atoms with Gasteiger partial charge in [-0.3, -0.25) is 4.79 Å². The molecule has 0 saturated carbocycles. The number of ether oxygens (including phenoxy) is 1. The number of aryl methyl sites for hydroxylation is 1. The van der Waals surface area contributed by atoms with Crippen molar-refractivity contribution >= 4 is 5.91 Å². The van der Waals surface area contributed by atoms with Crippen LogP contribution >= 0.6 is 0 Å². The standard InChI is InChI=1S/C27H36N2O2/c1-28-19-20-31-25-13-6-5-11-24(25)12-7-8-14-27(22-28)15-17-29(18-16-27)26(30)21-23-9-3-2-4-10-23/h2-6,9-11,13H,7-8,12,14-22H2,1H3. The number of hydrogen-bond donors (Lipinski definition) is 0. The number of likely N-dealkylation sites (tertiary alicyclic amines) is 1. The van der Waals surface area contributed by atoms with E-state index in [-0.39, 0.29) is 5.91 Å². The molecule has 2 heterocycles. The molecule has 1 amide bonds. The summed E-state index contributed by atoms with van der Waals surface area (Å²) in [4.78, 5) is 17.4.